The van der Waals surface area contributed by atoms with Gasteiger partial charge in [-0.25, -0.2) is 0 Å². The van der Waals surface area contributed by atoms with Gasteiger partial charge in [0.25, 0.3) is 0 Å². The van der Waals surface area contributed by atoms with Crippen molar-refractivity contribution in [2.24, 2.45) is 0 Å². The van der Waals surface area contributed by atoms with E-state index in [-0.39, 0.29) is 0 Å². The van der Waals surface area contributed by atoms with E-state index in [1.165, 1.54) is 30.6 Å². The highest BCUT2D eigenvalue weighted by Gasteiger charge is 2.22. The number of nitrogen functional groups attached to an aromatic ring is 1. The van der Waals surface area contributed by atoms with Crippen molar-refractivity contribution in [3.05, 3.63) is 9.35 Å². The molecule has 0 bridgehead atoms. The lowest BCUT2D eigenvalue weighted by Crippen LogP contribution is -1.90. The first-order chi connectivity index (χ1) is 5.79. The van der Waals surface area contributed by atoms with Crippen molar-refractivity contribution in [1.82, 2.24) is 4.37 Å². The zero-order chi connectivity index (χ0) is 8.55. The first-order valence-corrected chi connectivity index (χ1v) is 5.76. The highest BCUT2D eigenvalue weighted by atomic mass is 79.9. The molecule has 0 radical (unpaired) electrons. The van der Waals surface area contributed by atoms with Gasteiger partial charge < -0.3 is 5.73 Å². The standard InChI is InChI=1S/C8H11BrN2S/c9-6-7(12-11-8(6)10)5-3-1-2-4-5/h5H,1-4H2,(H2,10,11). The lowest BCUT2D eigenvalue weighted by Gasteiger charge is -2.04. The Morgan fingerprint density at radius 2 is 2.08 bits per heavy atom. The maximum absolute atomic E-state index is 5.66. The first kappa shape index (κ1) is 8.51. The number of anilines is 1. The van der Waals surface area contributed by atoms with Crippen LogP contribution in [0.4, 0.5) is 5.82 Å². The summed E-state index contributed by atoms with van der Waals surface area (Å²) in [7, 11) is 0. The molecule has 0 aliphatic heterocycles. The summed E-state index contributed by atoms with van der Waals surface area (Å²) in [5.74, 6) is 1.37. The minimum atomic E-state index is 0.655. The molecular weight excluding hydrogens is 236 g/mol. The molecule has 0 saturated heterocycles. The zero-order valence-corrected chi connectivity index (χ0v) is 9.12. The van der Waals surface area contributed by atoms with E-state index in [4.69, 9.17) is 5.73 Å². The van der Waals surface area contributed by atoms with E-state index in [2.05, 4.69) is 20.3 Å². The maximum atomic E-state index is 5.66. The second-order valence-electron chi connectivity index (χ2n) is 3.23. The first-order valence-electron chi connectivity index (χ1n) is 4.19. The Morgan fingerprint density at radius 1 is 1.42 bits per heavy atom. The molecule has 1 heterocycles. The fourth-order valence-electron chi connectivity index (χ4n) is 1.75. The largest absolute Gasteiger partial charge is 0.382 e. The molecule has 66 valence electrons. The second-order valence-corrected chi connectivity index (χ2v) is 4.83. The summed E-state index contributed by atoms with van der Waals surface area (Å²) in [4.78, 5) is 1.35. The molecule has 12 heavy (non-hydrogen) atoms. The third kappa shape index (κ3) is 1.38. The molecule has 1 fully saturated rings. The molecule has 0 aromatic carbocycles. The minimum Gasteiger partial charge on any atom is -0.382 e. The van der Waals surface area contributed by atoms with Crippen LogP contribution < -0.4 is 5.73 Å². The molecular formula is C8H11BrN2S. The van der Waals surface area contributed by atoms with E-state index in [9.17, 15) is 0 Å². The lowest BCUT2D eigenvalue weighted by molar-refractivity contribution is 0.735. The summed E-state index contributed by atoms with van der Waals surface area (Å²) >= 11 is 5.03. The highest BCUT2D eigenvalue weighted by molar-refractivity contribution is 9.10. The quantitative estimate of drug-likeness (QED) is 0.827. The van der Waals surface area contributed by atoms with Gasteiger partial charge in [-0.1, -0.05) is 12.8 Å². The fraction of sp³-hybridized carbons (Fsp3) is 0.625. The van der Waals surface area contributed by atoms with Gasteiger partial charge in [0.15, 0.2) is 5.82 Å². The van der Waals surface area contributed by atoms with Gasteiger partial charge >= 0.3 is 0 Å². The second kappa shape index (κ2) is 3.34. The van der Waals surface area contributed by atoms with Gasteiger partial charge in [-0.3, -0.25) is 0 Å². The van der Waals surface area contributed by atoms with Crippen molar-refractivity contribution >= 4 is 33.3 Å². The molecule has 1 aromatic rings. The van der Waals surface area contributed by atoms with Crippen LogP contribution in [0.3, 0.4) is 0 Å². The van der Waals surface area contributed by atoms with Crippen LogP contribution in [0.5, 0.6) is 0 Å². The summed E-state index contributed by atoms with van der Waals surface area (Å²) in [5.41, 5.74) is 5.66. The van der Waals surface area contributed by atoms with Gasteiger partial charge in [0.1, 0.15) is 0 Å². The van der Waals surface area contributed by atoms with Gasteiger partial charge in [-0.05, 0) is 46.2 Å². The van der Waals surface area contributed by atoms with Gasteiger partial charge in [0.2, 0.25) is 0 Å². The van der Waals surface area contributed by atoms with Crippen LogP contribution >= 0.6 is 27.5 Å². The number of nitrogens with zero attached hydrogens (tertiary/aromatic N) is 1. The van der Waals surface area contributed by atoms with E-state index in [1.54, 1.807) is 11.5 Å². The number of halogens is 1. The molecule has 0 amide bonds. The average molecular weight is 247 g/mol. The van der Waals surface area contributed by atoms with Gasteiger partial charge in [-0.2, -0.15) is 4.37 Å². The van der Waals surface area contributed by atoms with Crippen LogP contribution in [-0.4, -0.2) is 4.37 Å². The van der Waals surface area contributed by atoms with Crippen LogP contribution in [-0.2, 0) is 0 Å². The van der Waals surface area contributed by atoms with Crippen molar-refractivity contribution in [1.29, 1.82) is 0 Å². The van der Waals surface area contributed by atoms with Gasteiger partial charge in [-0.15, -0.1) is 0 Å². The predicted molar refractivity (Wildman–Crippen MR) is 55.4 cm³/mol. The molecule has 1 saturated carbocycles. The highest BCUT2D eigenvalue weighted by Crippen LogP contribution is 2.41. The molecule has 1 aromatic heterocycles. The van der Waals surface area contributed by atoms with Gasteiger partial charge in [0.05, 0.1) is 4.47 Å². The summed E-state index contributed by atoms with van der Waals surface area (Å²) < 4.78 is 5.17. The summed E-state index contributed by atoms with van der Waals surface area (Å²) in [6.07, 6.45) is 5.32. The molecule has 2 rings (SSSR count). The summed E-state index contributed by atoms with van der Waals surface area (Å²) in [6.45, 7) is 0. The van der Waals surface area contributed by atoms with Crippen molar-refractivity contribution in [3.63, 3.8) is 0 Å². The third-order valence-corrected chi connectivity index (χ3v) is 4.53. The predicted octanol–water partition coefficient (Wildman–Crippen LogP) is 3.15. The SMILES string of the molecule is Nc1nsc(C2CCCC2)c1Br. The van der Waals surface area contributed by atoms with E-state index >= 15 is 0 Å². The monoisotopic (exact) mass is 246 g/mol. The van der Waals surface area contributed by atoms with Crippen molar-refractivity contribution in [3.8, 4) is 0 Å². The van der Waals surface area contributed by atoms with Crippen molar-refractivity contribution in [2.75, 3.05) is 5.73 Å². The van der Waals surface area contributed by atoms with Gasteiger partial charge in [0, 0.05) is 4.88 Å². The topological polar surface area (TPSA) is 38.9 Å². The van der Waals surface area contributed by atoms with Crippen LogP contribution in [0.25, 0.3) is 0 Å². The Labute approximate surface area is 84.5 Å². The maximum Gasteiger partial charge on any atom is 0.151 e. The van der Waals surface area contributed by atoms with E-state index in [1.807, 2.05) is 0 Å². The molecule has 0 atom stereocenters. The Morgan fingerprint density at radius 3 is 2.58 bits per heavy atom. The van der Waals surface area contributed by atoms with Crippen LogP contribution in [0.2, 0.25) is 0 Å². The lowest BCUT2D eigenvalue weighted by atomic mass is 10.1. The number of aromatic nitrogens is 1. The normalized spacial score (nSPS) is 18.8. The Hall–Kier alpha value is -0.0900. The molecule has 1 aliphatic carbocycles. The molecule has 4 heteroatoms. The third-order valence-electron chi connectivity index (χ3n) is 2.41. The van der Waals surface area contributed by atoms with Crippen molar-refractivity contribution in [2.45, 2.75) is 31.6 Å². The number of nitrogens with two attached hydrogens (primary N) is 1. The smallest absolute Gasteiger partial charge is 0.151 e. The minimum absolute atomic E-state index is 0.655. The number of hydrogen-bond acceptors (Lipinski definition) is 3. The summed E-state index contributed by atoms with van der Waals surface area (Å²) in [6, 6.07) is 0. The van der Waals surface area contributed by atoms with Crippen LogP contribution in [0.15, 0.2) is 4.47 Å². The average Bonchev–Trinajstić information content (AvgIpc) is 2.64. The molecule has 1 aliphatic rings. The Balaban J connectivity index is 2.26. The van der Waals surface area contributed by atoms with E-state index in [0.29, 0.717) is 11.7 Å². The molecule has 2 N–H and O–H groups in total. The Kier molecular flexibility index (Phi) is 2.37. The summed E-state index contributed by atoms with van der Waals surface area (Å²) in [5, 5.41) is 0. The number of rotatable bonds is 1. The van der Waals surface area contributed by atoms with Crippen LogP contribution in [0.1, 0.15) is 36.5 Å². The molecule has 0 unspecified atom stereocenters. The molecule has 0 spiro atoms. The number of hydrogen-bond donors (Lipinski definition) is 1. The van der Waals surface area contributed by atoms with Crippen LogP contribution in [0, 0.1) is 0 Å². The van der Waals surface area contributed by atoms with E-state index < -0.39 is 0 Å². The van der Waals surface area contributed by atoms with Crippen molar-refractivity contribution < 1.29 is 0 Å². The fourth-order valence-corrected chi connectivity index (χ4v) is 3.35. The Bertz CT molecular complexity index is 279. The van der Waals surface area contributed by atoms with E-state index in [0.717, 1.165) is 4.47 Å². The zero-order valence-electron chi connectivity index (χ0n) is 6.72. The molecule has 2 nitrogen and oxygen atoms in total.